The summed E-state index contributed by atoms with van der Waals surface area (Å²) in [6.07, 6.45) is 1.99. The topological polar surface area (TPSA) is 41.1 Å². The van der Waals surface area contributed by atoms with Gasteiger partial charge in [0.05, 0.1) is 11.6 Å². The van der Waals surface area contributed by atoms with Crippen LogP contribution in [0.5, 0.6) is 0 Å². The van der Waals surface area contributed by atoms with Crippen molar-refractivity contribution in [2.24, 2.45) is 0 Å². The van der Waals surface area contributed by atoms with Gasteiger partial charge in [0.15, 0.2) is 0 Å². The van der Waals surface area contributed by atoms with Crippen molar-refractivity contribution in [1.29, 1.82) is 0 Å². The Morgan fingerprint density at radius 1 is 1.41 bits per heavy atom. The van der Waals surface area contributed by atoms with Crippen molar-refractivity contribution in [2.45, 2.75) is 38.3 Å². The fourth-order valence-corrected chi connectivity index (χ4v) is 2.27. The number of hydrogen-bond acceptors (Lipinski definition) is 2. The van der Waals surface area contributed by atoms with E-state index in [1.54, 1.807) is 0 Å². The van der Waals surface area contributed by atoms with Gasteiger partial charge >= 0.3 is 0 Å². The van der Waals surface area contributed by atoms with Gasteiger partial charge in [0, 0.05) is 0 Å². The largest absolute Gasteiger partial charge is 0.348 e. The van der Waals surface area contributed by atoms with Crippen LogP contribution in [0.3, 0.4) is 0 Å². The molecule has 0 unspecified atom stereocenters. The predicted octanol–water partition coefficient (Wildman–Crippen LogP) is 2.01. The number of rotatable bonds is 3. The summed E-state index contributed by atoms with van der Waals surface area (Å²) in [7, 11) is 0. The second-order valence-corrected chi connectivity index (χ2v) is 4.97. The van der Waals surface area contributed by atoms with Crippen LogP contribution in [0.1, 0.15) is 38.3 Å². The Hall–Kier alpha value is -1.35. The zero-order chi connectivity index (χ0) is 12.3. The monoisotopic (exact) mass is 232 g/mol. The maximum Gasteiger partial charge on any atom is 0.240 e. The first-order valence-electron chi connectivity index (χ1n) is 6.23. The van der Waals surface area contributed by atoms with E-state index >= 15 is 0 Å². The zero-order valence-corrected chi connectivity index (χ0v) is 10.5. The lowest BCUT2D eigenvalue weighted by Crippen LogP contribution is -2.51. The van der Waals surface area contributed by atoms with Crippen molar-refractivity contribution < 1.29 is 4.79 Å². The Balaban J connectivity index is 1.99. The molecule has 2 N–H and O–H groups in total. The first kappa shape index (κ1) is 12.1. The second-order valence-electron chi connectivity index (χ2n) is 4.97. The molecule has 1 aliphatic rings. The number of benzene rings is 1. The summed E-state index contributed by atoms with van der Waals surface area (Å²) in [5.41, 5.74) is 0.755. The van der Waals surface area contributed by atoms with E-state index in [-0.39, 0.29) is 17.5 Å². The lowest BCUT2D eigenvalue weighted by molar-refractivity contribution is -0.127. The molecule has 2 rings (SSSR count). The van der Waals surface area contributed by atoms with E-state index in [9.17, 15) is 4.79 Å². The van der Waals surface area contributed by atoms with Gasteiger partial charge in [-0.15, -0.1) is 0 Å². The van der Waals surface area contributed by atoms with Gasteiger partial charge < -0.3 is 10.6 Å². The van der Waals surface area contributed by atoms with E-state index in [2.05, 4.69) is 10.6 Å². The molecule has 1 aromatic rings. The van der Waals surface area contributed by atoms with Crippen LogP contribution in [0.15, 0.2) is 30.3 Å². The molecule has 0 radical (unpaired) electrons. The lowest BCUT2D eigenvalue weighted by atomic mass is 9.98. The highest BCUT2D eigenvalue weighted by molar-refractivity contribution is 5.86. The fourth-order valence-electron chi connectivity index (χ4n) is 2.27. The van der Waals surface area contributed by atoms with Crippen LogP contribution in [0.25, 0.3) is 0 Å². The Kier molecular flexibility index (Phi) is 3.48. The van der Waals surface area contributed by atoms with Crippen molar-refractivity contribution >= 4 is 5.91 Å². The SMILES string of the molecule is C[C@@H](NC(=O)[C@@]1(C)CCCN1)c1ccccc1. The smallest absolute Gasteiger partial charge is 0.240 e. The van der Waals surface area contributed by atoms with Crippen LogP contribution < -0.4 is 10.6 Å². The molecule has 0 bridgehead atoms. The molecule has 0 aliphatic carbocycles. The second kappa shape index (κ2) is 4.88. The molecule has 1 aliphatic heterocycles. The molecule has 1 aromatic carbocycles. The van der Waals surface area contributed by atoms with Gasteiger partial charge in [0.1, 0.15) is 0 Å². The van der Waals surface area contributed by atoms with Crippen LogP contribution in [-0.2, 0) is 4.79 Å². The van der Waals surface area contributed by atoms with Gasteiger partial charge in [-0.2, -0.15) is 0 Å². The van der Waals surface area contributed by atoms with Gasteiger partial charge in [-0.05, 0) is 38.8 Å². The van der Waals surface area contributed by atoms with Crippen LogP contribution >= 0.6 is 0 Å². The molecule has 0 saturated carbocycles. The summed E-state index contributed by atoms with van der Waals surface area (Å²) < 4.78 is 0. The number of carbonyl (C=O) groups is 1. The van der Waals surface area contributed by atoms with Crippen molar-refractivity contribution in [1.82, 2.24) is 10.6 Å². The third-order valence-electron chi connectivity index (χ3n) is 3.52. The molecule has 1 fully saturated rings. The summed E-state index contributed by atoms with van der Waals surface area (Å²) in [6.45, 7) is 4.93. The Labute approximate surface area is 103 Å². The first-order chi connectivity index (χ1) is 8.12. The minimum absolute atomic E-state index is 0.0583. The van der Waals surface area contributed by atoms with E-state index in [1.807, 2.05) is 44.2 Å². The molecule has 0 aromatic heterocycles. The molecule has 3 nitrogen and oxygen atoms in total. The van der Waals surface area contributed by atoms with Crippen LogP contribution in [0.2, 0.25) is 0 Å². The third-order valence-corrected chi connectivity index (χ3v) is 3.52. The highest BCUT2D eigenvalue weighted by atomic mass is 16.2. The summed E-state index contributed by atoms with van der Waals surface area (Å²) >= 11 is 0. The number of nitrogens with one attached hydrogen (secondary N) is 2. The minimum Gasteiger partial charge on any atom is -0.348 e. The van der Waals surface area contributed by atoms with Gasteiger partial charge in [-0.25, -0.2) is 0 Å². The summed E-state index contributed by atoms with van der Waals surface area (Å²) in [5, 5.41) is 6.35. The average Bonchev–Trinajstić information content (AvgIpc) is 2.78. The van der Waals surface area contributed by atoms with Gasteiger partial charge in [0.25, 0.3) is 0 Å². The van der Waals surface area contributed by atoms with Crippen LogP contribution in [-0.4, -0.2) is 18.0 Å². The summed E-state index contributed by atoms with van der Waals surface area (Å²) in [5.74, 6) is 0.103. The molecule has 1 heterocycles. The van der Waals surface area contributed by atoms with Crippen molar-refractivity contribution in [3.8, 4) is 0 Å². The summed E-state index contributed by atoms with van der Waals surface area (Å²) in [6, 6.07) is 10.1. The minimum atomic E-state index is -0.386. The van der Waals surface area contributed by atoms with E-state index < -0.39 is 0 Å². The number of hydrogen-bond donors (Lipinski definition) is 2. The van der Waals surface area contributed by atoms with Gasteiger partial charge in [0.2, 0.25) is 5.91 Å². The molecule has 0 spiro atoms. The Morgan fingerprint density at radius 2 is 2.12 bits per heavy atom. The Morgan fingerprint density at radius 3 is 2.71 bits per heavy atom. The molecular weight excluding hydrogens is 212 g/mol. The van der Waals surface area contributed by atoms with Crippen molar-refractivity contribution in [3.63, 3.8) is 0 Å². The Bertz CT molecular complexity index is 382. The lowest BCUT2D eigenvalue weighted by Gasteiger charge is -2.25. The van der Waals surface area contributed by atoms with Crippen LogP contribution in [0.4, 0.5) is 0 Å². The highest BCUT2D eigenvalue weighted by Crippen LogP contribution is 2.20. The molecule has 1 saturated heterocycles. The molecule has 2 atom stereocenters. The number of amides is 1. The van der Waals surface area contributed by atoms with E-state index in [0.29, 0.717) is 0 Å². The average molecular weight is 232 g/mol. The van der Waals surface area contributed by atoms with E-state index in [1.165, 1.54) is 0 Å². The standard InChI is InChI=1S/C14H20N2O/c1-11(12-7-4-3-5-8-12)16-13(17)14(2)9-6-10-15-14/h3-5,7-8,11,15H,6,9-10H2,1-2H3,(H,16,17)/t11-,14-/m1/s1. The van der Waals surface area contributed by atoms with Crippen LogP contribution in [0, 0.1) is 0 Å². The molecule has 92 valence electrons. The highest BCUT2D eigenvalue weighted by Gasteiger charge is 2.36. The molecule has 3 heteroatoms. The maximum absolute atomic E-state index is 12.2. The molecule has 17 heavy (non-hydrogen) atoms. The zero-order valence-electron chi connectivity index (χ0n) is 10.5. The van der Waals surface area contributed by atoms with Crippen molar-refractivity contribution in [2.75, 3.05) is 6.54 Å². The van der Waals surface area contributed by atoms with E-state index in [0.717, 1.165) is 24.9 Å². The summed E-state index contributed by atoms with van der Waals surface area (Å²) in [4.78, 5) is 12.2. The normalized spacial score (nSPS) is 25.5. The van der Waals surface area contributed by atoms with E-state index in [4.69, 9.17) is 0 Å². The predicted molar refractivity (Wildman–Crippen MR) is 68.6 cm³/mol. The molecule has 1 amide bonds. The fraction of sp³-hybridized carbons (Fsp3) is 0.500. The molecular formula is C14H20N2O. The number of carbonyl (C=O) groups excluding carboxylic acids is 1. The maximum atomic E-state index is 12.2. The third kappa shape index (κ3) is 2.67. The van der Waals surface area contributed by atoms with Gasteiger partial charge in [-0.3, -0.25) is 4.79 Å². The quantitative estimate of drug-likeness (QED) is 0.837. The first-order valence-corrected chi connectivity index (χ1v) is 6.23. The van der Waals surface area contributed by atoms with Crippen molar-refractivity contribution in [3.05, 3.63) is 35.9 Å². The van der Waals surface area contributed by atoms with Gasteiger partial charge in [-0.1, -0.05) is 30.3 Å².